The lowest BCUT2D eigenvalue weighted by Gasteiger charge is -2.32. The number of hydrogen-bond donors (Lipinski definition) is 1. The first kappa shape index (κ1) is 13.4. The van der Waals surface area contributed by atoms with Gasteiger partial charge in [0, 0.05) is 11.2 Å². The first-order valence-corrected chi connectivity index (χ1v) is 6.86. The number of halogens is 1. The van der Waals surface area contributed by atoms with Gasteiger partial charge in [0.1, 0.15) is 0 Å². The molecule has 0 saturated heterocycles. The van der Waals surface area contributed by atoms with Crippen LogP contribution in [0.2, 0.25) is 0 Å². The average Bonchev–Trinajstić information content (AvgIpc) is 1.98. The maximum atomic E-state index is 10.7. The summed E-state index contributed by atoms with van der Waals surface area (Å²) in [4.78, 5) is 8.76. The standard InChI is InChI=1S/C8H18ClO3P/c1-5-8(4,7(2)3)6-12-13(9,10)11/h7H,5-6H2,1-4H3,(H,10,11). The van der Waals surface area contributed by atoms with Gasteiger partial charge in [-0.1, -0.05) is 27.7 Å². The van der Waals surface area contributed by atoms with Gasteiger partial charge in [-0.05, 0) is 17.8 Å². The van der Waals surface area contributed by atoms with Crippen molar-refractivity contribution in [3.05, 3.63) is 0 Å². The predicted molar refractivity (Wildman–Crippen MR) is 54.9 cm³/mol. The van der Waals surface area contributed by atoms with Gasteiger partial charge in [0.05, 0.1) is 6.61 Å². The Morgan fingerprint density at radius 3 is 2.31 bits per heavy atom. The molecule has 2 atom stereocenters. The van der Waals surface area contributed by atoms with Gasteiger partial charge < -0.3 is 4.89 Å². The van der Waals surface area contributed by atoms with Crippen molar-refractivity contribution in [1.29, 1.82) is 0 Å². The van der Waals surface area contributed by atoms with Crippen LogP contribution in [-0.4, -0.2) is 11.5 Å². The lowest BCUT2D eigenvalue weighted by molar-refractivity contribution is 0.101. The summed E-state index contributed by atoms with van der Waals surface area (Å²) in [6.45, 7) is 4.54. The molecule has 0 rings (SSSR count). The van der Waals surface area contributed by atoms with Crippen LogP contribution in [0.1, 0.15) is 34.1 Å². The topological polar surface area (TPSA) is 46.5 Å². The molecule has 1 N–H and O–H groups in total. The van der Waals surface area contributed by atoms with Crippen molar-refractivity contribution in [2.75, 3.05) is 6.61 Å². The summed E-state index contributed by atoms with van der Waals surface area (Å²) in [5, 5.41) is 0. The minimum atomic E-state index is -3.84. The third-order valence-electron chi connectivity index (χ3n) is 2.76. The van der Waals surface area contributed by atoms with Crippen molar-refractivity contribution in [3.8, 4) is 0 Å². The Balaban J connectivity index is 4.22. The largest absolute Gasteiger partial charge is 0.421 e. The summed E-state index contributed by atoms with van der Waals surface area (Å²) in [7, 11) is 0. The second-order valence-electron chi connectivity index (χ2n) is 3.89. The first-order chi connectivity index (χ1) is 5.71. The van der Waals surface area contributed by atoms with Gasteiger partial charge in [0.15, 0.2) is 0 Å². The van der Waals surface area contributed by atoms with Crippen molar-refractivity contribution in [3.63, 3.8) is 0 Å². The molecule has 0 aliphatic heterocycles. The SMILES string of the molecule is CCC(C)(COP(=O)(O)Cl)C(C)C. The molecule has 0 heterocycles. The molecule has 0 aromatic rings. The van der Waals surface area contributed by atoms with E-state index in [1.54, 1.807) is 0 Å². The highest BCUT2D eigenvalue weighted by molar-refractivity contribution is 7.80. The van der Waals surface area contributed by atoms with E-state index in [0.29, 0.717) is 5.92 Å². The molecular weight excluding hydrogens is 211 g/mol. The summed E-state index contributed by atoms with van der Waals surface area (Å²) in [5.74, 6) is 0.390. The molecule has 0 saturated carbocycles. The fourth-order valence-corrected chi connectivity index (χ4v) is 1.50. The second-order valence-corrected chi connectivity index (χ2v) is 6.33. The minimum Gasteiger partial charge on any atom is -0.313 e. The van der Waals surface area contributed by atoms with Gasteiger partial charge in [0.2, 0.25) is 0 Å². The third kappa shape index (κ3) is 5.02. The number of hydrogen-bond acceptors (Lipinski definition) is 2. The van der Waals surface area contributed by atoms with Crippen LogP contribution in [0.25, 0.3) is 0 Å². The highest BCUT2D eigenvalue weighted by Crippen LogP contribution is 2.49. The van der Waals surface area contributed by atoms with E-state index in [0.717, 1.165) is 6.42 Å². The highest BCUT2D eigenvalue weighted by atomic mass is 35.7. The highest BCUT2D eigenvalue weighted by Gasteiger charge is 2.29. The second kappa shape index (κ2) is 4.79. The Bertz CT molecular complexity index is 202. The molecule has 0 aliphatic carbocycles. The van der Waals surface area contributed by atoms with Crippen molar-refractivity contribution >= 4 is 18.2 Å². The zero-order valence-corrected chi connectivity index (χ0v) is 10.2. The molecule has 0 spiro atoms. The maximum absolute atomic E-state index is 10.7. The van der Waals surface area contributed by atoms with Crippen LogP contribution in [0.5, 0.6) is 0 Å². The van der Waals surface area contributed by atoms with E-state index < -0.39 is 6.95 Å². The van der Waals surface area contributed by atoms with Crippen LogP contribution in [0.3, 0.4) is 0 Å². The van der Waals surface area contributed by atoms with Gasteiger partial charge >= 0.3 is 6.95 Å². The van der Waals surface area contributed by atoms with Crippen LogP contribution in [-0.2, 0) is 9.09 Å². The smallest absolute Gasteiger partial charge is 0.313 e. The quantitative estimate of drug-likeness (QED) is 0.734. The normalized spacial score (nSPS) is 21.2. The summed E-state index contributed by atoms with van der Waals surface area (Å²) >= 11 is 5.09. The van der Waals surface area contributed by atoms with E-state index in [2.05, 4.69) is 13.8 Å². The van der Waals surface area contributed by atoms with Crippen LogP contribution in [0.15, 0.2) is 0 Å². The Labute approximate surface area is 84.8 Å². The van der Waals surface area contributed by atoms with Gasteiger partial charge in [0.25, 0.3) is 0 Å². The van der Waals surface area contributed by atoms with Gasteiger partial charge in [-0.2, -0.15) is 0 Å². The molecule has 0 bridgehead atoms. The van der Waals surface area contributed by atoms with Crippen LogP contribution < -0.4 is 0 Å². The van der Waals surface area contributed by atoms with Gasteiger partial charge in [-0.15, -0.1) is 0 Å². The molecule has 13 heavy (non-hydrogen) atoms. The van der Waals surface area contributed by atoms with E-state index in [-0.39, 0.29) is 12.0 Å². The summed E-state index contributed by atoms with van der Waals surface area (Å²) in [5.41, 5.74) is -0.0900. The fraction of sp³-hybridized carbons (Fsp3) is 1.00. The Hall–Kier alpha value is 0.440. The Morgan fingerprint density at radius 1 is 1.62 bits per heavy atom. The summed E-state index contributed by atoms with van der Waals surface area (Å²) < 4.78 is 15.4. The van der Waals surface area contributed by atoms with Crippen LogP contribution in [0, 0.1) is 11.3 Å². The molecule has 0 aromatic carbocycles. The average molecular weight is 229 g/mol. The van der Waals surface area contributed by atoms with Crippen molar-refractivity contribution in [1.82, 2.24) is 0 Å². The Morgan fingerprint density at radius 2 is 2.08 bits per heavy atom. The molecule has 0 radical (unpaired) electrons. The van der Waals surface area contributed by atoms with Crippen molar-refractivity contribution in [2.24, 2.45) is 11.3 Å². The zero-order valence-electron chi connectivity index (χ0n) is 8.58. The lowest BCUT2D eigenvalue weighted by Crippen LogP contribution is -2.27. The molecule has 0 fully saturated rings. The first-order valence-electron chi connectivity index (χ1n) is 4.38. The van der Waals surface area contributed by atoms with E-state index in [4.69, 9.17) is 20.7 Å². The van der Waals surface area contributed by atoms with Crippen molar-refractivity contribution < 1.29 is 14.0 Å². The van der Waals surface area contributed by atoms with E-state index in [9.17, 15) is 4.57 Å². The van der Waals surface area contributed by atoms with Gasteiger partial charge in [-0.25, -0.2) is 4.57 Å². The van der Waals surface area contributed by atoms with Crippen LogP contribution >= 0.6 is 18.2 Å². The molecule has 2 unspecified atom stereocenters. The minimum absolute atomic E-state index is 0.0900. The maximum Gasteiger partial charge on any atom is 0.421 e. The molecule has 3 nitrogen and oxygen atoms in total. The Kier molecular flexibility index (Phi) is 4.95. The van der Waals surface area contributed by atoms with E-state index >= 15 is 0 Å². The van der Waals surface area contributed by atoms with Crippen molar-refractivity contribution in [2.45, 2.75) is 34.1 Å². The van der Waals surface area contributed by atoms with E-state index in [1.165, 1.54) is 0 Å². The fourth-order valence-electron chi connectivity index (χ4n) is 0.904. The lowest BCUT2D eigenvalue weighted by atomic mass is 9.78. The molecule has 5 heteroatoms. The zero-order chi connectivity index (χ0) is 10.7. The molecule has 0 aliphatic rings. The summed E-state index contributed by atoms with van der Waals surface area (Å²) in [6, 6.07) is 0. The predicted octanol–water partition coefficient (Wildman–Crippen LogP) is 3.41. The monoisotopic (exact) mass is 228 g/mol. The van der Waals surface area contributed by atoms with Crippen LogP contribution in [0.4, 0.5) is 0 Å². The molecular formula is C8H18ClO3P. The molecule has 0 amide bonds. The number of rotatable bonds is 5. The third-order valence-corrected chi connectivity index (χ3v) is 3.50. The summed E-state index contributed by atoms with van der Waals surface area (Å²) in [6.07, 6.45) is 0.890. The van der Waals surface area contributed by atoms with Gasteiger partial charge in [-0.3, -0.25) is 4.52 Å². The molecule has 80 valence electrons. The molecule has 0 aromatic heterocycles. The van der Waals surface area contributed by atoms with E-state index in [1.807, 2.05) is 13.8 Å².